The zero-order chi connectivity index (χ0) is 21.3. The van der Waals surface area contributed by atoms with Crippen molar-refractivity contribution in [1.82, 2.24) is 9.88 Å². The van der Waals surface area contributed by atoms with Crippen LogP contribution in [0, 0.1) is 17.0 Å². The van der Waals surface area contributed by atoms with E-state index in [2.05, 4.69) is 4.98 Å². The van der Waals surface area contributed by atoms with Gasteiger partial charge in [-0.05, 0) is 30.7 Å². The third kappa shape index (κ3) is 3.55. The summed E-state index contributed by atoms with van der Waals surface area (Å²) in [7, 11) is 1.76. The number of benzene rings is 3. The van der Waals surface area contributed by atoms with Gasteiger partial charge in [-0.25, -0.2) is 0 Å². The number of hydrogen-bond acceptors (Lipinski definition) is 3. The van der Waals surface area contributed by atoms with E-state index in [0.717, 1.165) is 27.6 Å². The maximum absolute atomic E-state index is 13.3. The number of H-pyrrole nitrogens is 1. The summed E-state index contributed by atoms with van der Waals surface area (Å²) in [5.41, 5.74) is 4.48. The molecule has 1 N–H and O–H groups in total. The summed E-state index contributed by atoms with van der Waals surface area (Å²) in [5.74, 6) is -0.208. The number of carbonyl (C=O) groups excluding carboxylic acids is 1. The van der Waals surface area contributed by atoms with E-state index < -0.39 is 4.92 Å². The molecule has 4 rings (SSSR count). The Morgan fingerprint density at radius 2 is 1.67 bits per heavy atom. The molecular formula is C24H21N3O3. The van der Waals surface area contributed by atoms with Gasteiger partial charge in [0, 0.05) is 47.4 Å². The Labute approximate surface area is 173 Å². The van der Waals surface area contributed by atoms with Gasteiger partial charge in [0.2, 0.25) is 0 Å². The smallest absolute Gasteiger partial charge is 0.269 e. The highest BCUT2D eigenvalue weighted by Gasteiger charge is 2.27. The standard InChI is InChI=1S/C24H21N3O3/c1-16-7-9-17(10-8-16)23(21-15-25-22-6-4-3-5-20(21)22)26(2)24(28)18-11-13-19(14-12-18)27(29)30/h3-15,23,25H,1-2H3/t23-/m0/s1. The zero-order valence-electron chi connectivity index (χ0n) is 16.7. The van der Waals surface area contributed by atoms with Gasteiger partial charge in [-0.2, -0.15) is 0 Å². The number of hydrogen-bond donors (Lipinski definition) is 1. The monoisotopic (exact) mass is 399 g/mol. The number of para-hydroxylation sites is 1. The van der Waals surface area contributed by atoms with Gasteiger partial charge in [0.05, 0.1) is 11.0 Å². The van der Waals surface area contributed by atoms with Crippen molar-refractivity contribution in [2.45, 2.75) is 13.0 Å². The van der Waals surface area contributed by atoms with Gasteiger partial charge in [-0.15, -0.1) is 0 Å². The van der Waals surface area contributed by atoms with Gasteiger partial charge < -0.3 is 9.88 Å². The second-order valence-corrected chi connectivity index (χ2v) is 7.32. The van der Waals surface area contributed by atoms with E-state index in [9.17, 15) is 14.9 Å². The Kier molecular flexibility index (Phi) is 5.06. The molecule has 3 aromatic carbocycles. The first kappa shape index (κ1) is 19.4. The quantitative estimate of drug-likeness (QED) is 0.368. The average Bonchev–Trinajstić information content (AvgIpc) is 3.18. The molecule has 6 nitrogen and oxygen atoms in total. The number of rotatable bonds is 5. The minimum absolute atomic E-state index is 0.0408. The molecule has 1 amide bonds. The molecule has 0 fully saturated rings. The van der Waals surface area contributed by atoms with Crippen molar-refractivity contribution in [2.24, 2.45) is 0 Å². The van der Waals surface area contributed by atoms with Gasteiger partial charge in [0.25, 0.3) is 11.6 Å². The molecule has 1 heterocycles. The molecule has 30 heavy (non-hydrogen) atoms. The Morgan fingerprint density at radius 3 is 2.33 bits per heavy atom. The maximum atomic E-state index is 13.3. The summed E-state index contributed by atoms with van der Waals surface area (Å²) < 4.78 is 0. The van der Waals surface area contributed by atoms with E-state index in [0.29, 0.717) is 5.56 Å². The predicted molar refractivity (Wildman–Crippen MR) is 117 cm³/mol. The lowest BCUT2D eigenvalue weighted by Gasteiger charge is -2.29. The van der Waals surface area contributed by atoms with Crippen molar-refractivity contribution >= 4 is 22.5 Å². The normalized spacial score (nSPS) is 11.9. The van der Waals surface area contributed by atoms with E-state index in [-0.39, 0.29) is 17.6 Å². The number of aromatic amines is 1. The fourth-order valence-electron chi connectivity index (χ4n) is 3.73. The van der Waals surface area contributed by atoms with Gasteiger partial charge in [0.1, 0.15) is 0 Å². The SMILES string of the molecule is Cc1ccc([C@@H](c2c[nH]c3ccccc23)N(C)C(=O)c2ccc([N+](=O)[O-])cc2)cc1. The Morgan fingerprint density at radius 1 is 1.00 bits per heavy atom. The number of fused-ring (bicyclic) bond motifs is 1. The van der Waals surface area contributed by atoms with E-state index >= 15 is 0 Å². The van der Waals surface area contributed by atoms with Gasteiger partial charge in [-0.3, -0.25) is 14.9 Å². The van der Waals surface area contributed by atoms with Crippen LogP contribution in [0.1, 0.15) is 33.1 Å². The second-order valence-electron chi connectivity index (χ2n) is 7.32. The van der Waals surface area contributed by atoms with Crippen molar-refractivity contribution in [3.63, 3.8) is 0 Å². The molecular weight excluding hydrogens is 378 g/mol. The second kappa shape index (κ2) is 7.83. The van der Waals surface area contributed by atoms with Crippen LogP contribution in [0.4, 0.5) is 5.69 Å². The number of nitrogens with one attached hydrogen (secondary N) is 1. The van der Waals surface area contributed by atoms with Gasteiger partial charge in [0.15, 0.2) is 0 Å². The summed E-state index contributed by atoms with van der Waals surface area (Å²) in [6.07, 6.45) is 1.94. The number of aromatic nitrogens is 1. The van der Waals surface area contributed by atoms with Gasteiger partial charge >= 0.3 is 0 Å². The van der Waals surface area contributed by atoms with Crippen LogP contribution in [0.2, 0.25) is 0 Å². The fraction of sp³-hybridized carbons (Fsp3) is 0.125. The lowest BCUT2D eigenvalue weighted by molar-refractivity contribution is -0.384. The number of nitrogens with zero attached hydrogens (tertiary/aromatic N) is 2. The molecule has 0 aliphatic carbocycles. The summed E-state index contributed by atoms with van der Waals surface area (Å²) in [6, 6.07) is 21.5. The first-order chi connectivity index (χ1) is 14.5. The molecule has 1 aromatic heterocycles. The third-order valence-corrected chi connectivity index (χ3v) is 5.34. The number of nitro groups is 1. The Bertz CT molecular complexity index is 1210. The molecule has 0 aliphatic heterocycles. The largest absolute Gasteiger partial charge is 0.361 e. The molecule has 0 spiro atoms. The number of nitro benzene ring substituents is 1. The number of aryl methyl sites for hydroxylation is 1. The van der Waals surface area contributed by atoms with Crippen LogP contribution in [-0.2, 0) is 0 Å². The average molecular weight is 399 g/mol. The molecule has 0 saturated heterocycles. The lowest BCUT2D eigenvalue weighted by atomic mass is 9.95. The van der Waals surface area contributed by atoms with Crippen molar-refractivity contribution in [2.75, 3.05) is 7.05 Å². The van der Waals surface area contributed by atoms with E-state index in [1.165, 1.54) is 24.3 Å². The first-order valence-electron chi connectivity index (χ1n) is 9.60. The molecule has 0 unspecified atom stereocenters. The minimum atomic E-state index is -0.473. The Balaban J connectivity index is 1.78. The highest BCUT2D eigenvalue weighted by molar-refractivity contribution is 5.95. The summed E-state index contributed by atoms with van der Waals surface area (Å²) in [4.78, 5) is 28.7. The number of carbonyl (C=O) groups is 1. The molecule has 0 saturated carbocycles. The predicted octanol–water partition coefficient (Wildman–Crippen LogP) is 5.25. The third-order valence-electron chi connectivity index (χ3n) is 5.34. The van der Waals surface area contributed by atoms with Crippen LogP contribution in [-0.4, -0.2) is 27.8 Å². The molecule has 4 aromatic rings. The van der Waals surface area contributed by atoms with Crippen molar-refractivity contribution in [1.29, 1.82) is 0 Å². The van der Waals surface area contributed by atoms with Gasteiger partial charge in [-0.1, -0.05) is 48.0 Å². The topological polar surface area (TPSA) is 79.2 Å². The minimum Gasteiger partial charge on any atom is -0.361 e. The lowest BCUT2D eigenvalue weighted by Crippen LogP contribution is -2.32. The van der Waals surface area contributed by atoms with Crippen LogP contribution >= 0.6 is 0 Å². The molecule has 150 valence electrons. The molecule has 1 atom stereocenters. The van der Waals surface area contributed by atoms with E-state index in [1.54, 1.807) is 11.9 Å². The van der Waals surface area contributed by atoms with E-state index in [4.69, 9.17) is 0 Å². The summed E-state index contributed by atoms with van der Waals surface area (Å²) in [6.45, 7) is 2.02. The zero-order valence-corrected chi connectivity index (χ0v) is 16.7. The highest BCUT2D eigenvalue weighted by Crippen LogP contribution is 2.34. The first-order valence-corrected chi connectivity index (χ1v) is 9.60. The van der Waals surface area contributed by atoms with Crippen LogP contribution < -0.4 is 0 Å². The van der Waals surface area contributed by atoms with E-state index in [1.807, 2.05) is 61.7 Å². The van der Waals surface area contributed by atoms with Crippen LogP contribution in [0.25, 0.3) is 10.9 Å². The van der Waals surface area contributed by atoms with Crippen LogP contribution in [0.3, 0.4) is 0 Å². The molecule has 0 radical (unpaired) electrons. The number of amides is 1. The highest BCUT2D eigenvalue weighted by atomic mass is 16.6. The van der Waals surface area contributed by atoms with Crippen molar-refractivity contribution in [3.05, 3.63) is 111 Å². The van der Waals surface area contributed by atoms with Crippen LogP contribution in [0.15, 0.2) is 79.0 Å². The number of non-ortho nitro benzene ring substituents is 1. The summed E-state index contributed by atoms with van der Waals surface area (Å²) in [5, 5.41) is 12.0. The van der Waals surface area contributed by atoms with Crippen molar-refractivity contribution < 1.29 is 9.72 Å². The molecule has 0 bridgehead atoms. The Hall–Kier alpha value is -3.93. The maximum Gasteiger partial charge on any atom is 0.269 e. The van der Waals surface area contributed by atoms with Crippen LogP contribution in [0.5, 0.6) is 0 Å². The fourth-order valence-corrected chi connectivity index (χ4v) is 3.73. The molecule has 0 aliphatic rings. The molecule has 6 heteroatoms. The van der Waals surface area contributed by atoms with Crippen molar-refractivity contribution in [3.8, 4) is 0 Å². The summed E-state index contributed by atoms with van der Waals surface area (Å²) >= 11 is 0.